The summed E-state index contributed by atoms with van der Waals surface area (Å²) in [5.41, 5.74) is 13.1. The van der Waals surface area contributed by atoms with Crippen LogP contribution in [0.2, 0.25) is 0 Å². The molecule has 2 aromatic rings. The van der Waals surface area contributed by atoms with Gasteiger partial charge in [0.2, 0.25) is 0 Å². The normalized spacial score (nSPS) is 11.2. The maximum Gasteiger partial charge on any atom is 0.125 e. The lowest BCUT2D eigenvalue weighted by molar-refractivity contribution is 0.275. The zero-order valence-corrected chi connectivity index (χ0v) is 27.0. The van der Waals surface area contributed by atoms with Crippen molar-refractivity contribution in [3.63, 3.8) is 0 Å². The number of hydrogen-bond acceptors (Lipinski definition) is 2. The lowest BCUT2D eigenvalue weighted by Crippen LogP contribution is -2.08. The Bertz CT molecular complexity index is 830. The van der Waals surface area contributed by atoms with Gasteiger partial charge in [0.25, 0.3) is 0 Å². The summed E-state index contributed by atoms with van der Waals surface area (Å²) in [5, 5.41) is 3.41. The molecule has 0 amide bonds. The van der Waals surface area contributed by atoms with Crippen molar-refractivity contribution in [2.75, 3.05) is 13.2 Å². The van der Waals surface area contributed by atoms with Crippen LogP contribution >= 0.6 is 63.7 Å². The first kappa shape index (κ1) is 29.2. The van der Waals surface area contributed by atoms with Crippen molar-refractivity contribution in [1.29, 1.82) is 0 Å². The van der Waals surface area contributed by atoms with Crippen LogP contribution in [0.15, 0.2) is 0 Å². The molecule has 0 unspecified atom stereocenters. The average Bonchev–Trinajstić information content (AvgIpc) is 2.78. The number of rotatable bonds is 12. The minimum Gasteiger partial charge on any atom is -0.493 e. The van der Waals surface area contributed by atoms with E-state index < -0.39 is 0 Å². The van der Waals surface area contributed by atoms with E-state index >= 15 is 0 Å². The summed E-state index contributed by atoms with van der Waals surface area (Å²) < 4.78 is 12.6. The Morgan fingerprint density at radius 2 is 0.697 bits per heavy atom. The van der Waals surface area contributed by atoms with Crippen molar-refractivity contribution in [3.05, 3.63) is 55.6 Å². The molecule has 0 radical (unpaired) electrons. The van der Waals surface area contributed by atoms with Gasteiger partial charge in [0.05, 0.1) is 13.2 Å². The van der Waals surface area contributed by atoms with Gasteiger partial charge in [-0.2, -0.15) is 0 Å². The molecule has 33 heavy (non-hydrogen) atoms. The van der Waals surface area contributed by atoms with E-state index in [0.717, 1.165) is 65.3 Å². The van der Waals surface area contributed by atoms with Crippen LogP contribution in [-0.4, -0.2) is 13.2 Å². The Balaban J connectivity index is 1.94. The minimum atomic E-state index is 0.734. The monoisotopic (exact) mass is 708 g/mol. The second-order valence-electron chi connectivity index (χ2n) is 8.61. The van der Waals surface area contributed by atoms with E-state index in [1.165, 1.54) is 55.6 Å². The number of hydrogen-bond donors (Lipinski definition) is 0. The summed E-state index contributed by atoms with van der Waals surface area (Å²) in [7, 11) is 0. The van der Waals surface area contributed by atoms with Gasteiger partial charge in [-0.25, -0.2) is 0 Å². The van der Waals surface area contributed by atoms with Crippen LogP contribution < -0.4 is 9.47 Å². The van der Waals surface area contributed by atoms with E-state index in [1.54, 1.807) is 0 Å². The van der Waals surface area contributed by atoms with Crippen LogP contribution in [0.5, 0.6) is 11.5 Å². The predicted molar refractivity (Wildman–Crippen MR) is 157 cm³/mol. The van der Waals surface area contributed by atoms with Crippen molar-refractivity contribution in [2.24, 2.45) is 0 Å². The van der Waals surface area contributed by atoms with E-state index in [4.69, 9.17) is 9.47 Å². The van der Waals surface area contributed by atoms with Gasteiger partial charge in [-0.15, -0.1) is 0 Å². The molecule has 0 aliphatic rings. The van der Waals surface area contributed by atoms with Crippen molar-refractivity contribution in [3.8, 4) is 11.5 Å². The van der Waals surface area contributed by atoms with Crippen molar-refractivity contribution < 1.29 is 9.47 Å². The molecule has 0 spiro atoms. The van der Waals surface area contributed by atoms with Crippen LogP contribution in [0.3, 0.4) is 0 Å². The molecule has 0 saturated heterocycles. The molecule has 184 valence electrons. The predicted octanol–water partition coefficient (Wildman–Crippen LogP) is 9.74. The van der Waals surface area contributed by atoms with Gasteiger partial charge in [0, 0.05) is 21.3 Å². The van der Waals surface area contributed by atoms with Crippen molar-refractivity contribution >= 4 is 63.7 Å². The fourth-order valence-electron chi connectivity index (χ4n) is 4.56. The maximum absolute atomic E-state index is 6.29. The SMILES string of the molecule is Cc1c(CBr)c(C)c(OCCCCCOc2c(C)c(CBr)c(C)c(CBr)c2C)c(C)c1CBr. The molecule has 6 heteroatoms. The van der Waals surface area contributed by atoms with Crippen molar-refractivity contribution in [1.82, 2.24) is 0 Å². The minimum absolute atomic E-state index is 0.734. The van der Waals surface area contributed by atoms with Crippen molar-refractivity contribution in [2.45, 2.75) is 82.1 Å². The molecule has 0 aromatic heterocycles. The first-order chi connectivity index (χ1) is 15.7. The number of halogens is 4. The Kier molecular flexibility index (Phi) is 12.3. The number of alkyl halides is 4. The van der Waals surface area contributed by atoms with Crippen LogP contribution in [0, 0.1) is 41.5 Å². The Morgan fingerprint density at radius 3 is 0.939 bits per heavy atom. The molecule has 2 aromatic carbocycles. The third-order valence-corrected chi connectivity index (χ3v) is 9.04. The fraction of sp³-hybridized carbons (Fsp3) is 0.556. The summed E-state index contributed by atoms with van der Waals surface area (Å²) in [6.07, 6.45) is 3.13. The summed E-state index contributed by atoms with van der Waals surface area (Å²) in [6.45, 7) is 14.6. The molecule has 0 saturated carbocycles. The van der Waals surface area contributed by atoms with Gasteiger partial charge >= 0.3 is 0 Å². The Morgan fingerprint density at radius 1 is 0.424 bits per heavy atom. The summed E-state index contributed by atoms with van der Waals surface area (Å²) in [4.78, 5) is 0. The largest absolute Gasteiger partial charge is 0.493 e. The Labute approximate surface area is 234 Å². The van der Waals surface area contributed by atoms with Crippen LogP contribution in [0.25, 0.3) is 0 Å². The van der Waals surface area contributed by atoms with E-state index in [2.05, 4.69) is 105 Å². The van der Waals surface area contributed by atoms with Crippen LogP contribution in [0.4, 0.5) is 0 Å². The topological polar surface area (TPSA) is 18.5 Å². The molecular formula is C27H36Br4O2. The highest BCUT2D eigenvalue weighted by atomic mass is 79.9. The van der Waals surface area contributed by atoms with Gasteiger partial charge in [-0.3, -0.25) is 0 Å². The molecule has 0 aliphatic carbocycles. The zero-order chi connectivity index (χ0) is 24.7. The van der Waals surface area contributed by atoms with E-state index in [-0.39, 0.29) is 0 Å². The van der Waals surface area contributed by atoms with E-state index in [9.17, 15) is 0 Å². The molecule has 0 heterocycles. The molecule has 0 N–H and O–H groups in total. The summed E-state index contributed by atoms with van der Waals surface area (Å²) in [5.74, 6) is 2.10. The Hall–Kier alpha value is -0.0400. The van der Waals surface area contributed by atoms with Gasteiger partial charge in [0.1, 0.15) is 11.5 Å². The van der Waals surface area contributed by atoms with Gasteiger partial charge < -0.3 is 9.47 Å². The molecule has 2 nitrogen and oxygen atoms in total. The van der Waals surface area contributed by atoms with E-state index in [1.807, 2.05) is 0 Å². The smallest absolute Gasteiger partial charge is 0.125 e. The van der Waals surface area contributed by atoms with Crippen LogP contribution in [-0.2, 0) is 21.3 Å². The van der Waals surface area contributed by atoms with Gasteiger partial charge in [-0.05, 0) is 116 Å². The maximum atomic E-state index is 6.29. The van der Waals surface area contributed by atoms with Gasteiger partial charge in [-0.1, -0.05) is 63.7 Å². The average molecular weight is 712 g/mol. The molecule has 0 aliphatic heterocycles. The highest BCUT2D eigenvalue weighted by molar-refractivity contribution is 9.09. The molecule has 2 rings (SSSR count). The summed E-state index contributed by atoms with van der Waals surface area (Å²) in [6, 6.07) is 0. The molecular weight excluding hydrogens is 676 g/mol. The molecule has 0 fully saturated rings. The number of ether oxygens (including phenoxy) is 2. The first-order valence-corrected chi connectivity index (χ1v) is 16.0. The first-order valence-electron chi connectivity index (χ1n) is 11.5. The van der Waals surface area contributed by atoms with Crippen LogP contribution in [0.1, 0.15) is 74.9 Å². The highest BCUT2D eigenvalue weighted by Crippen LogP contribution is 2.36. The lowest BCUT2D eigenvalue weighted by atomic mass is 9.94. The quantitative estimate of drug-likeness (QED) is 0.161. The number of benzene rings is 2. The zero-order valence-electron chi connectivity index (χ0n) is 20.7. The molecule has 0 bridgehead atoms. The standard InChI is InChI=1S/C27H36Br4O2/c1-16-22(12-28)18(3)26(19(4)23(16)13-29)32-10-8-7-9-11-33-27-20(5)24(14-30)17(2)25(15-31)21(27)6/h7-15H2,1-6H3. The lowest BCUT2D eigenvalue weighted by Gasteiger charge is -2.21. The highest BCUT2D eigenvalue weighted by Gasteiger charge is 2.18. The second-order valence-corrected chi connectivity index (χ2v) is 10.9. The third kappa shape index (κ3) is 6.59. The third-order valence-electron chi connectivity index (χ3n) is 6.80. The molecule has 0 atom stereocenters. The van der Waals surface area contributed by atoms with E-state index in [0.29, 0.717) is 0 Å². The van der Waals surface area contributed by atoms with Gasteiger partial charge in [0.15, 0.2) is 0 Å². The second kappa shape index (κ2) is 13.9. The summed E-state index contributed by atoms with van der Waals surface area (Å²) >= 11 is 14.6. The fourth-order valence-corrected chi connectivity index (χ4v) is 7.93. The number of unbranched alkanes of at least 4 members (excludes halogenated alkanes) is 2.